The van der Waals surface area contributed by atoms with Crippen molar-refractivity contribution in [3.8, 4) is 16.9 Å². The number of aryl methyl sites for hydroxylation is 1. The van der Waals surface area contributed by atoms with Crippen molar-refractivity contribution in [2.24, 2.45) is 0 Å². The molecule has 3 nitrogen and oxygen atoms in total. The molecule has 3 aromatic carbocycles. The number of carbonyl (C=O) groups is 1. The zero-order valence-electron chi connectivity index (χ0n) is 21.6. The van der Waals surface area contributed by atoms with Crippen molar-refractivity contribution in [2.75, 3.05) is 6.61 Å². The first kappa shape index (κ1) is 26.7. The predicted octanol–water partition coefficient (Wildman–Crippen LogP) is 8.96. The molecule has 1 atom stereocenters. The van der Waals surface area contributed by atoms with Crippen molar-refractivity contribution in [1.29, 1.82) is 0 Å². The molecule has 0 heterocycles. The molecule has 3 aromatic rings. The van der Waals surface area contributed by atoms with Gasteiger partial charge in [0.2, 0.25) is 0 Å². The second-order valence-electron chi connectivity index (χ2n) is 9.26. The minimum Gasteiger partial charge on any atom is -0.423 e. The van der Waals surface area contributed by atoms with Gasteiger partial charge in [0, 0.05) is 6.61 Å². The Bertz CT molecular complexity index is 1000. The zero-order chi connectivity index (χ0) is 24.9. The molecule has 3 heteroatoms. The van der Waals surface area contributed by atoms with Crippen LogP contribution in [-0.4, -0.2) is 12.6 Å². The second kappa shape index (κ2) is 14.5. The van der Waals surface area contributed by atoms with Gasteiger partial charge in [-0.25, -0.2) is 4.79 Å². The SMILES string of the molecule is CCCCCCCOC(C)c1ccc(OC(=O)c2ccc(-c3ccc(CCCC)cc3)cc2)cc1. The number of hydrogen-bond donors (Lipinski definition) is 0. The predicted molar refractivity (Wildman–Crippen MR) is 145 cm³/mol. The number of rotatable bonds is 14. The summed E-state index contributed by atoms with van der Waals surface area (Å²) in [6.45, 7) is 7.28. The van der Waals surface area contributed by atoms with Crippen molar-refractivity contribution >= 4 is 5.97 Å². The van der Waals surface area contributed by atoms with Crippen LogP contribution in [-0.2, 0) is 11.2 Å². The average Bonchev–Trinajstić information content (AvgIpc) is 2.90. The van der Waals surface area contributed by atoms with E-state index in [1.807, 2.05) is 48.5 Å². The van der Waals surface area contributed by atoms with E-state index in [2.05, 4.69) is 45.0 Å². The molecule has 0 N–H and O–H groups in total. The standard InChI is InChI=1S/C32H40O3/c1-4-6-8-9-10-24-34-25(3)27-20-22-31(23-21-27)35-32(33)30-18-16-29(17-19-30)28-14-12-26(13-15-28)11-7-5-2/h12-23,25H,4-11,24H2,1-3H3. The van der Waals surface area contributed by atoms with Gasteiger partial charge in [-0.1, -0.05) is 94.5 Å². The number of carbonyl (C=O) groups excluding carboxylic acids is 1. The molecule has 0 aliphatic heterocycles. The molecule has 0 fully saturated rings. The molecule has 0 aliphatic rings. The van der Waals surface area contributed by atoms with E-state index in [0.717, 1.165) is 36.1 Å². The maximum absolute atomic E-state index is 12.6. The van der Waals surface area contributed by atoms with Crippen LogP contribution in [0.3, 0.4) is 0 Å². The quantitative estimate of drug-likeness (QED) is 0.133. The Hall–Kier alpha value is -2.91. The summed E-state index contributed by atoms with van der Waals surface area (Å²) >= 11 is 0. The molecule has 0 saturated carbocycles. The molecule has 186 valence electrons. The van der Waals surface area contributed by atoms with E-state index < -0.39 is 0 Å². The molecule has 0 aliphatic carbocycles. The third-order valence-corrected chi connectivity index (χ3v) is 6.40. The van der Waals surface area contributed by atoms with Crippen molar-refractivity contribution in [2.45, 2.75) is 78.2 Å². The van der Waals surface area contributed by atoms with Gasteiger partial charge in [0.05, 0.1) is 11.7 Å². The van der Waals surface area contributed by atoms with Crippen LogP contribution < -0.4 is 4.74 Å². The van der Waals surface area contributed by atoms with Crippen LogP contribution in [0, 0.1) is 0 Å². The maximum atomic E-state index is 12.6. The number of ether oxygens (including phenoxy) is 2. The van der Waals surface area contributed by atoms with E-state index in [1.54, 1.807) is 0 Å². The highest BCUT2D eigenvalue weighted by atomic mass is 16.5. The lowest BCUT2D eigenvalue weighted by atomic mass is 10.0. The lowest BCUT2D eigenvalue weighted by Gasteiger charge is -2.14. The highest BCUT2D eigenvalue weighted by molar-refractivity contribution is 5.91. The average molecular weight is 473 g/mol. The number of esters is 1. The van der Waals surface area contributed by atoms with Crippen LogP contribution in [0.2, 0.25) is 0 Å². The van der Waals surface area contributed by atoms with Crippen LogP contribution in [0.4, 0.5) is 0 Å². The van der Waals surface area contributed by atoms with Crippen molar-refractivity contribution in [3.63, 3.8) is 0 Å². The van der Waals surface area contributed by atoms with Gasteiger partial charge >= 0.3 is 5.97 Å². The van der Waals surface area contributed by atoms with Crippen LogP contribution in [0.15, 0.2) is 72.8 Å². The first-order valence-electron chi connectivity index (χ1n) is 13.2. The van der Waals surface area contributed by atoms with E-state index in [-0.39, 0.29) is 12.1 Å². The monoisotopic (exact) mass is 472 g/mol. The Labute approximate surface area is 211 Å². The van der Waals surface area contributed by atoms with Crippen LogP contribution in [0.5, 0.6) is 5.75 Å². The smallest absolute Gasteiger partial charge is 0.343 e. The third-order valence-electron chi connectivity index (χ3n) is 6.40. The summed E-state index contributed by atoms with van der Waals surface area (Å²) in [4.78, 5) is 12.6. The summed E-state index contributed by atoms with van der Waals surface area (Å²) < 4.78 is 11.6. The first-order chi connectivity index (χ1) is 17.1. The van der Waals surface area contributed by atoms with Crippen LogP contribution in [0.25, 0.3) is 11.1 Å². The van der Waals surface area contributed by atoms with Crippen molar-refractivity contribution in [3.05, 3.63) is 89.5 Å². The second-order valence-corrected chi connectivity index (χ2v) is 9.26. The molecule has 1 unspecified atom stereocenters. The Morgan fingerprint density at radius 2 is 1.31 bits per heavy atom. The minimum absolute atomic E-state index is 0.0270. The molecule has 0 spiro atoms. The number of benzene rings is 3. The Morgan fingerprint density at radius 3 is 1.94 bits per heavy atom. The third kappa shape index (κ3) is 8.67. The topological polar surface area (TPSA) is 35.5 Å². The van der Waals surface area contributed by atoms with E-state index in [0.29, 0.717) is 11.3 Å². The lowest BCUT2D eigenvalue weighted by molar-refractivity contribution is 0.0627. The van der Waals surface area contributed by atoms with Crippen LogP contribution in [0.1, 0.15) is 93.3 Å². The normalized spacial score (nSPS) is 11.9. The van der Waals surface area contributed by atoms with Gasteiger partial charge in [0.25, 0.3) is 0 Å². The molecule has 0 aromatic heterocycles. The first-order valence-corrected chi connectivity index (χ1v) is 13.2. The summed E-state index contributed by atoms with van der Waals surface area (Å²) in [7, 11) is 0. The summed E-state index contributed by atoms with van der Waals surface area (Å²) in [6.07, 6.45) is 9.72. The van der Waals surface area contributed by atoms with E-state index in [1.165, 1.54) is 44.1 Å². The van der Waals surface area contributed by atoms with Crippen molar-refractivity contribution < 1.29 is 14.3 Å². The summed E-state index contributed by atoms with van der Waals surface area (Å²) in [5.41, 5.74) is 5.23. The fourth-order valence-electron chi connectivity index (χ4n) is 4.08. The summed E-state index contributed by atoms with van der Waals surface area (Å²) in [5, 5.41) is 0. The highest BCUT2D eigenvalue weighted by Crippen LogP contribution is 2.24. The molecule has 0 bridgehead atoms. The van der Waals surface area contributed by atoms with Crippen molar-refractivity contribution in [1.82, 2.24) is 0 Å². The maximum Gasteiger partial charge on any atom is 0.343 e. The van der Waals surface area contributed by atoms with E-state index in [9.17, 15) is 4.79 Å². The Morgan fingerprint density at radius 1 is 0.714 bits per heavy atom. The van der Waals surface area contributed by atoms with Gasteiger partial charge in [-0.15, -0.1) is 0 Å². The zero-order valence-corrected chi connectivity index (χ0v) is 21.6. The van der Waals surface area contributed by atoms with Gasteiger partial charge < -0.3 is 9.47 Å². The Kier molecular flexibility index (Phi) is 11.0. The molecule has 35 heavy (non-hydrogen) atoms. The molecular formula is C32H40O3. The van der Waals surface area contributed by atoms with Gasteiger partial charge in [0.1, 0.15) is 5.75 Å². The lowest BCUT2D eigenvalue weighted by Crippen LogP contribution is -2.08. The Balaban J connectivity index is 1.49. The summed E-state index contributed by atoms with van der Waals surface area (Å²) in [6, 6.07) is 23.9. The minimum atomic E-state index is -0.351. The van der Waals surface area contributed by atoms with Gasteiger partial charge in [-0.3, -0.25) is 0 Å². The fraction of sp³-hybridized carbons (Fsp3) is 0.406. The van der Waals surface area contributed by atoms with Crippen LogP contribution >= 0.6 is 0 Å². The van der Waals surface area contributed by atoms with Gasteiger partial charge in [-0.2, -0.15) is 0 Å². The van der Waals surface area contributed by atoms with E-state index in [4.69, 9.17) is 9.47 Å². The molecule has 3 rings (SSSR count). The largest absolute Gasteiger partial charge is 0.423 e. The molecule has 0 amide bonds. The van der Waals surface area contributed by atoms with Gasteiger partial charge in [0.15, 0.2) is 0 Å². The van der Waals surface area contributed by atoms with Gasteiger partial charge in [-0.05, 0) is 72.7 Å². The fourth-order valence-corrected chi connectivity index (χ4v) is 4.08. The van der Waals surface area contributed by atoms with E-state index >= 15 is 0 Å². The number of hydrogen-bond acceptors (Lipinski definition) is 3. The molecular weight excluding hydrogens is 432 g/mol. The number of unbranched alkanes of at least 4 members (excludes halogenated alkanes) is 5. The molecule has 0 saturated heterocycles. The highest BCUT2D eigenvalue weighted by Gasteiger charge is 2.11. The summed E-state index contributed by atoms with van der Waals surface area (Å²) in [5.74, 6) is 0.188. The molecule has 0 radical (unpaired) electrons.